The van der Waals surface area contributed by atoms with Gasteiger partial charge in [0.1, 0.15) is 0 Å². The van der Waals surface area contributed by atoms with E-state index in [0.717, 1.165) is 0 Å². The van der Waals surface area contributed by atoms with Gasteiger partial charge in [0.15, 0.2) is 0 Å². The molecule has 0 aliphatic rings. The smallest absolute Gasteiger partial charge is 0.315 e. The molecular weight excluding hydrogens is 182 g/mol. The van der Waals surface area contributed by atoms with E-state index in [2.05, 4.69) is 10.6 Å². The first-order valence-corrected chi connectivity index (χ1v) is 4.53. The van der Waals surface area contributed by atoms with E-state index < -0.39 is 0 Å². The van der Waals surface area contributed by atoms with Gasteiger partial charge in [0.2, 0.25) is 0 Å². The highest BCUT2D eigenvalue weighted by Gasteiger charge is 2.07. The second-order valence-electron chi connectivity index (χ2n) is 3.24. The van der Waals surface area contributed by atoms with Crippen LogP contribution >= 0.6 is 0 Å². The Labute approximate surface area is 84.4 Å². The van der Waals surface area contributed by atoms with Gasteiger partial charge < -0.3 is 15.4 Å². The van der Waals surface area contributed by atoms with E-state index in [1.54, 1.807) is 14.0 Å². The SMILES string of the molecule is COCC(C)NC(=O)NCC(C)C#N. The number of hydrogen-bond acceptors (Lipinski definition) is 3. The molecule has 0 fully saturated rings. The third-order valence-corrected chi connectivity index (χ3v) is 1.58. The Bertz CT molecular complexity index is 213. The second kappa shape index (κ2) is 7.15. The summed E-state index contributed by atoms with van der Waals surface area (Å²) in [6, 6.07) is 1.73. The number of hydrogen-bond donors (Lipinski definition) is 2. The fraction of sp³-hybridized carbons (Fsp3) is 0.778. The van der Waals surface area contributed by atoms with Gasteiger partial charge in [0, 0.05) is 13.7 Å². The summed E-state index contributed by atoms with van der Waals surface area (Å²) in [5.41, 5.74) is 0. The summed E-state index contributed by atoms with van der Waals surface area (Å²) in [5.74, 6) is -0.168. The van der Waals surface area contributed by atoms with Gasteiger partial charge in [-0.1, -0.05) is 0 Å². The van der Waals surface area contributed by atoms with Crippen LogP contribution in [0.2, 0.25) is 0 Å². The largest absolute Gasteiger partial charge is 0.383 e. The highest BCUT2D eigenvalue weighted by atomic mass is 16.5. The van der Waals surface area contributed by atoms with Crippen molar-refractivity contribution in [3.8, 4) is 6.07 Å². The van der Waals surface area contributed by atoms with Crippen molar-refractivity contribution in [3.05, 3.63) is 0 Å². The van der Waals surface area contributed by atoms with Gasteiger partial charge in [-0.25, -0.2) is 4.79 Å². The molecule has 2 unspecified atom stereocenters. The number of nitrogens with zero attached hydrogens (tertiary/aromatic N) is 1. The Morgan fingerprint density at radius 1 is 1.57 bits per heavy atom. The Kier molecular flexibility index (Phi) is 6.50. The summed E-state index contributed by atoms with van der Waals surface area (Å²) in [6.07, 6.45) is 0. The number of carbonyl (C=O) groups is 1. The third-order valence-electron chi connectivity index (χ3n) is 1.58. The molecule has 0 aliphatic heterocycles. The molecule has 80 valence electrons. The lowest BCUT2D eigenvalue weighted by atomic mass is 10.2. The first kappa shape index (κ1) is 12.7. The molecule has 0 aromatic heterocycles. The zero-order valence-electron chi connectivity index (χ0n) is 8.83. The van der Waals surface area contributed by atoms with Crippen molar-refractivity contribution in [3.63, 3.8) is 0 Å². The fourth-order valence-electron chi connectivity index (χ4n) is 0.858. The minimum atomic E-state index is -0.267. The number of methoxy groups -OCH3 is 1. The molecule has 0 aromatic rings. The quantitative estimate of drug-likeness (QED) is 0.676. The van der Waals surface area contributed by atoms with Gasteiger partial charge in [-0.3, -0.25) is 0 Å². The van der Waals surface area contributed by atoms with Gasteiger partial charge in [-0.05, 0) is 13.8 Å². The monoisotopic (exact) mass is 199 g/mol. The van der Waals surface area contributed by atoms with E-state index in [-0.39, 0.29) is 18.0 Å². The molecule has 0 heterocycles. The lowest BCUT2D eigenvalue weighted by molar-refractivity contribution is 0.171. The van der Waals surface area contributed by atoms with E-state index in [9.17, 15) is 4.79 Å². The first-order valence-electron chi connectivity index (χ1n) is 4.53. The summed E-state index contributed by atoms with van der Waals surface area (Å²) in [6.45, 7) is 4.43. The normalized spacial score (nSPS) is 13.9. The number of ether oxygens (including phenoxy) is 1. The highest BCUT2D eigenvalue weighted by molar-refractivity contribution is 5.74. The topological polar surface area (TPSA) is 74.2 Å². The Morgan fingerprint density at radius 2 is 2.21 bits per heavy atom. The molecule has 0 radical (unpaired) electrons. The summed E-state index contributed by atoms with van der Waals surface area (Å²) in [5, 5.41) is 13.7. The average Bonchev–Trinajstić information content (AvgIpc) is 2.14. The Morgan fingerprint density at radius 3 is 2.71 bits per heavy atom. The van der Waals surface area contributed by atoms with E-state index in [4.69, 9.17) is 10.00 Å². The molecule has 0 saturated heterocycles. The molecule has 2 atom stereocenters. The van der Waals surface area contributed by atoms with Crippen molar-refractivity contribution in [2.24, 2.45) is 5.92 Å². The van der Waals surface area contributed by atoms with E-state index in [1.165, 1.54) is 0 Å². The molecule has 2 amide bonds. The summed E-state index contributed by atoms with van der Waals surface area (Å²) < 4.78 is 4.86. The maximum absolute atomic E-state index is 11.2. The van der Waals surface area contributed by atoms with Crippen LogP contribution in [0.5, 0.6) is 0 Å². The van der Waals surface area contributed by atoms with Crippen molar-refractivity contribution in [1.82, 2.24) is 10.6 Å². The van der Waals surface area contributed by atoms with Gasteiger partial charge in [-0.2, -0.15) is 5.26 Å². The maximum atomic E-state index is 11.2. The number of carbonyl (C=O) groups excluding carboxylic acids is 1. The third kappa shape index (κ3) is 6.26. The Hall–Kier alpha value is -1.28. The first-order chi connectivity index (χ1) is 6.60. The van der Waals surface area contributed by atoms with Crippen LogP contribution in [0.4, 0.5) is 4.79 Å². The predicted molar refractivity (Wildman–Crippen MR) is 52.6 cm³/mol. The standard InChI is InChI=1S/C9H17N3O2/c1-7(4-10)5-11-9(13)12-8(2)6-14-3/h7-8H,5-6H2,1-3H3,(H2,11,12,13). The lowest BCUT2D eigenvalue weighted by Crippen LogP contribution is -2.43. The number of nitriles is 1. The van der Waals surface area contributed by atoms with E-state index >= 15 is 0 Å². The van der Waals surface area contributed by atoms with Crippen molar-refractivity contribution >= 4 is 6.03 Å². The molecule has 0 saturated carbocycles. The van der Waals surface area contributed by atoms with Gasteiger partial charge in [0.05, 0.1) is 24.6 Å². The molecule has 0 aromatic carbocycles. The minimum absolute atomic E-state index is 0.0302. The lowest BCUT2D eigenvalue weighted by Gasteiger charge is -2.13. The highest BCUT2D eigenvalue weighted by Crippen LogP contribution is 1.88. The molecule has 5 nitrogen and oxygen atoms in total. The van der Waals surface area contributed by atoms with Crippen LogP contribution in [0.25, 0.3) is 0 Å². The van der Waals surface area contributed by atoms with Crippen LogP contribution in [0.15, 0.2) is 0 Å². The van der Waals surface area contributed by atoms with E-state index in [0.29, 0.717) is 13.2 Å². The van der Waals surface area contributed by atoms with Crippen LogP contribution in [0.3, 0.4) is 0 Å². The Balaban J connectivity index is 3.61. The molecule has 0 bridgehead atoms. The number of amides is 2. The summed E-state index contributed by atoms with van der Waals surface area (Å²) >= 11 is 0. The van der Waals surface area contributed by atoms with Crippen LogP contribution in [0.1, 0.15) is 13.8 Å². The fourth-order valence-corrected chi connectivity index (χ4v) is 0.858. The summed E-state index contributed by atoms with van der Waals surface area (Å²) in [4.78, 5) is 11.2. The molecule has 2 N–H and O–H groups in total. The second-order valence-corrected chi connectivity index (χ2v) is 3.24. The van der Waals surface area contributed by atoms with Gasteiger partial charge in [-0.15, -0.1) is 0 Å². The number of urea groups is 1. The molecule has 5 heteroatoms. The molecule has 0 rings (SSSR count). The zero-order valence-corrected chi connectivity index (χ0v) is 8.83. The number of rotatable bonds is 5. The van der Waals surface area contributed by atoms with Crippen LogP contribution in [0, 0.1) is 17.2 Å². The molecular formula is C9H17N3O2. The average molecular weight is 199 g/mol. The zero-order chi connectivity index (χ0) is 11.0. The minimum Gasteiger partial charge on any atom is -0.383 e. The van der Waals surface area contributed by atoms with Gasteiger partial charge >= 0.3 is 6.03 Å². The molecule has 0 aliphatic carbocycles. The van der Waals surface area contributed by atoms with Gasteiger partial charge in [0.25, 0.3) is 0 Å². The van der Waals surface area contributed by atoms with Crippen LogP contribution < -0.4 is 10.6 Å². The van der Waals surface area contributed by atoms with E-state index in [1.807, 2.05) is 13.0 Å². The molecule has 0 spiro atoms. The van der Waals surface area contributed by atoms with Crippen molar-refractivity contribution in [1.29, 1.82) is 5.26 Å². The van der Waals surface area contributed by atoms with Crippen LogP contribution in [-0.4, -0.2) is 32.3 Å². The maximum Gasteiger partial charge on any atom is 0.315 e. The number of nitrogens with one attached hydrogen (secondary N) is 2. The van der Waals surface area contributed by atoms with Crippen molar-refractivity contribution in [2.75, 3.05) is 20.3 Å². The van der Waals surface area contributed by atoms with Crippen LogP contribution in [-0.2, 0) is 4.74 Å². The molecule has 14 heavy (non-hydrogen) atoms. The van der Waals surface area contributed by atoms with Crippen molar-refractivity contribution in [2.45, 2.75) is 19.9 Å². The predicted octanol–water partition coefficient (Wildman–Crippen LogP) is 0.480. The summed E-state index contributed by atoms with van der Waals surface area (Å²) in [7, 11) is 1.58. The van der Waals surface area contributed by atoms with Crippen molar-refractivity contribution < 1.29 is 9.53 Å².